The molecule has 208 valence electrons. The van der Waals surface area contributed by atoms with Gasteiger partial charge in [-0.1, -0.05) is 45.0 Å². The van der Waals surface area contributed by atoms with Gasteiger partial charge in [-0.05, 0) is 68.7 Å². The quantitative estimate of drug-likeness (QED) is 0.409. The van der Waals surface area contributed by atoms with Gasteiger partial charge in [0.25, 0.3) is 0 Å². The van der Waals surface area contributed by atoms with E-state index < -0.39 is 17.0 Å². The zero-order valence-electron chi connectivity index (χ0n) is 23.4. The van der Waals surface area contributed by atoms with Crippen LogP contribution in [0, 0.1) is 11.4 Å². The summed E-state index contributed by atoms with van der Waals surface area (Å²) in [5.74, 6) is 1.16. The van der Waals surface area contributed by atoms with Gasteiger partial charge in [0, 0.05) is 36.2 Å². The van der Waals surface area contributed by atoms with Gasteiger partial charge in [-0.25, -0.2) is 14.6 Å². The number of nitrogens with zero attached hydrogens (tertiary/aromatic N) is 5. The maximum Gasteiger partial charge on any atom is 0.224 e. The Morgan fingerprint density at radius 2 is 1.69 bits per heavy atom. The molecule has 0 bridgehead atoms. The average Bonchev–Trinajstić information content (AvgIpc) is 3.66. The number of aliphatic hydroxyl groups is 2. The van der Waals surface area contributed by atoms with Crippen molar-refractivity contribution >= 4 is 0 Å². The second-order valence-corrected chi connectivity index (χ2v) is 12.8. The van der Waals surface area contributed by atoms with Gasteiger partial charge in [-0.15, -0.1) is 0 Å². The first-order chi connectivity index (χ1) is 18.6. The number of aromatic nitrogens is 4. The second kappa shape index (κ2) is 9.75. The number of hydrogen-bond donors (Lipinski definition) is 2. The van der Waals surface area contributed by atoms with Gasteiger partial charge in [0.2, 0.25) is 5.95 Å². The Kier molecular flexibility index (Phi) is 6.63. The van der Waals surface area contributed by atoms with E-state index >= 15 is 4.39 Å². The van der Waals surface area contributed by atoms with E-state index in [4.69, 9.17) is 10.1 Å². The summed E-state index contributed by atoms with van der Waals surface area (Å²) in [6.07, 6.45) is 6.51. The highest BCUT2D eigenvalue weighted by molar-refractivity contribution is 5.57. The lowest BCUT2D eigenvalue weighted by Gasteiger charge is -2.55. The highest BCUT2D eigenvalue weighted by Crippen LogP contribution is 2.51. The van der Waals surface area contributed by atoms with E-state index in [1.165, 1.54) is 11.8 Å². The third kappa shape index (κ3) is 4.60. The topological polar surface area (TPSA) is 87.3 Å². The van der Waals surface area contributed by atoms with Crippen LogP contribution in [0.3, 0.4) is 0 Å². The highest BCUT2D eigenvalue weighted by Gasteiger charge is 2.55. The van der Waals surface area contributed by atoms with Gasteiger partial charge in [0.15, 0.2) is 5.82 Å². The number of likely N-dealkylation sites (tertiary alicyclic amines) is 1. The van der Waals surface area contributed by atoms with Crippen molar-refractivity contribution in [2.75, 3.05) is 20.1 Å². The summed E-state index contributed by atoms with van der Waals surface area (Å²) in [5, 5.41) is 27.4. The predicted octanol–water partition coefficient (Wildman–Crippen LogP) is 5.14. The first-order valence-electron chi connectivity index (χ1n) is 14.4. The Hall–Kier alpha value is -2.68. The normalized spacial score (nSPS) is 24.9. The number of aliphatic hydroxyl groups excluding tert-OH is 1. The first-order valence-corrected chi connectivity index (χ1v) is 14.4. The largest absolute Gasteiger partial charge is 0.393 e. The SMILES string of the molecule is CC(C)c1ccc([C@](O)(c2cnc(F)c(-c3nc(C4CCC(O)CC4)n(C4CC4)n3)c2)C2(C)CN(C)C2)cc1. The lowest BCUT2D eigenvalue weighted by molar-refractivity contribution is -0.127. The van der Waals surface area contributed by atoms with Gasteiger partial charge in [0.1, 0.15) is 11.4 Å². The van der Waals surface area contributed by atoms with Crippen LogP contribution in [0.25, 0.3) is 11.4 Å². The maximum absolute atomic E-state index is 15.4. The van der Waals surface area contributed by atoms with E-state index in [1.54, 1.807) is 6.07 Å². The molecule has 1 atom stereocenters. The van der Waals surface area contributed by atoms with Crippen molar-refractivity contribution in [3.05, 3.63) is 65.0 Å². The minimum Gasteiger partial charge on any atom is -0.393 e. The van der Waals surface area contributed by atoms with Gasteiger partial charge in [-0.3, -0.25) is 0 Å². The molecule has 0 spiro atoms. The molecule has 2 saturated carbocycles. The molecular formula is C31H40FN5O2. The molecule has 0 amide bonds. The highest BCUT2D eigenvalue weighted by atomic mass is 19.1. The molecule has 2 N–H and O–H groups in total. The Labute approximate surface area is 230 Å². The van der Waals surface area contributed by atoms with Gasteiger partial charge >= 0.3 is 0 Å². The molecule has 3 aromatic rings. The Morgan fingerprint density at radius 1 is 1.03 bits per heavy atom. The van der Waals surface area contributed by atoms with Gasteiger partial charge < -0.3 is 15.1 Å². The van der Waals surface area contributed by atoms with E-state index in [0.29, 0.717) is 36.4 Å². The van der Waals surface area contributed by atoms with E-state index in [0.717, 1.165) is 49.9 Å². The predicted molar refractivity (Wildman–Crippen MR) is 148 cm³/mol. The number of rotatable bonds is 7. The minimum atomic E-state index is -1.37. The summed E-state index contributed by atoms with van der Waals surface area (Å²) in [5.41, 5.74) is 0.903. The Balaban J connectivity index is 1.43. The lowest BCUT2D eigenvalue weighted by Crippen LogP contribution is -2.63. The molecule has 2 aliphatic carbocycles. The fourth-order valence-electron chi connectivity index (χ4n) is 6.80. The maximum atomic E-state index is 15.4. The van der Waals surface area contributed by atoms with E-state index in [2.05, 4.69) is 42.8 Å². The molecule has 0 unspecified atom stereocenters. The lowest BCUT2D eigenvalue weighted by atomic mass is 9.62. The molecule has 6 rings (SSSR count). The monoisotopic (exact) mass is 533 g/mol. The summed E-state index contributed by atoms with van der Waals surface area (Å²) >= 11 is 0. The van der Waals surface area contributed by atoms with Crippen LogP contribution in [0.1, 0.15) is 99.7 Å². The summed E-state index contributed by atoms with van der Waals surface area (Å²) in [7, 11) is 2.04. The van der Waals surface area contributed by atoms with Crippen molar-refractivity contribution in [2.24, 2.45) is 5.41 Å². The van der Waals surface area contributed by atoms with Crippen LogP contribution >= 0.6 is 0 Å². The molecule has 8 heteroatoms. The van der Waals surface area contributed by atoms with Crippen molar-refractivity contribution in [2.45, 2.75) is 88.9 Å². The number of benzene rings is 1. The van der Waals surface area contributed by atoms with Crippen molar-refractivity contribution in [1.29, 1.82) is 0 Å². The number of pyridine rings is 1. The number of halogens is 1. The van der Waals surface area contributed by atoms with Crippen LogP contribution in [-0.4, -0.2) is 61.1 Å². The summed E-state index contributed by atoms with van der Waals surface area (Å²) < 4.78 is 17.4. The Bertz CT molecular complexity index is 1340. The summed E-state index contributed by atoms with van der Waals surface area (Å²) in [6, 6.07) is 10.1. The molecule has 0 radical (unpaired) electrons. The minimum absolute atomic E-state index is 0.204. The first kappa shape index (κ1) is 26.5. The van der Waals surface area contributed by atoms with Crippen LogP contribution in [-0.2, 0) is 5.60 Å². The van der Waals surface area contributed by atoms with Crippen LogP contribution in [0.2, 0.25) is 0 Å². The zero-order valence-corrected chi connectivity index (χ0v) is 23.4. The van der Waals surface area contributed by atoms with Crippen molar-refractivity contribution in [3.63, 3.8) is 0 Å². The zero-order chi connectivity index (χ0) is 27.5. The van der Waals surface area contributed by atoms with Gasteiger partial charge in [0.05, 0.1) is 17.7 Å². The van der Waals surface area contributed by atoms with Gasteiger partial charge in [-0.2, -0.15) is 9.49 Å². The fraction of sp³-hybridized carbons (Fsp3) is 0.581. The third-order valence-corrected chi connectivity index (χ3v) is 9.22. The molecule has 1 aliphatic heterocycles. The molecule has 3 heterocycles. The molecule has 3 fully saturated rings. The van der Waals surface area contributed by atoms with Crippen LogP contribution in [0.5, 0.6) is 0 Å². The van der Waals surface area contributed by atoms with E-state index in [-0.39, 0.29) is 17.6 Å². The number of hydrogen-bond acceptors (Lipinski definition) is 6. The second-order valence-electron chi connectivity index (χ2n) is 12.8. The molecule has 39 heavy (non-hydrogen) atoms. The third-order valence-electron chi connectivity index (χ3n) is 9.22. The van der Waals surface area contributed by atoms with Crippen LogP contribution in [0.4, 0.5) is 4.39 Å². The average molecular weight is 534 g/mol. The fourth-order valence-corrected chi connectivity index (χ4v) is 6.80. The molecule has 1 aromatic carbocycles. The van der Waals surface area contributed by atoms with Crippen molar-refractivity contribution in [3.8, 4) is 11.4 Å². The van der Waals surface area contributed by atoms with Crippen molar-refractivity contribution < 1.29 is 14.6 Å². The molecule has 3 aliphatic rings. The molecular weight excluding hydrogens is 493 g/mol. The smallest absolute Gasteiger partial charge is 0.224 e. The van der Waals surface area contributed by atoms with E-state index in [1.807, 2.05) is 23.9 Å². The molecule has 2 aromatic heterocycles. The summed E-state index contributed by atoms with van der Waals surface area (Å²) in [6.45, 7) is 7.79. The Morgan fingerprint density at radius 3 is 2.28 bits per heavy atom. The standard InChI is InChI=1S/C31H40FN5O2/c1-19(2)20-5-9-22(10-6-20)31(39,30(3)17-36(4)18-30)23-15-26(27(32)33-16-23)28-34-29(37(35-28)24-11-12-24)21-7-13-25(38)14-8-21/h5-6,9-10,15-16,19,21,24-25,38-39H,7-8,11-14,17-18H2,1-4H3/t21?,25?,31-/m0/s1. The van der Waals surface area contributed by atoms with E-state index in [9.17, 15) is 10.2 Å². The molecule has 1 saturated heterocycles. The summed E-state index contributed by atoms with van der Waals surface area (Å²) in [4.78, 5) is 11.2. The van der Waals surface area contributed by atoms with Crippen LogP contribution in [0.15, 0.2) is 36.5 Å². The molecule has 7 nitrogen and oxygen atoms in total. The van der Waals surface area contributed by atoms with Crippen molar-refractivity contribution in [1.82, 2.24) is 24.6 Å². The van der Waals surface area contributed by atoms with Crippen LogP contribution < -0.4 is 0 Å².